The second kappa shape index (κ2) is 15.3. The predicted molar refractivity (Wildman–Crippen MR) is 160 cm³/mol. The summed E-state index contributed by atoms with van der Waals surface area (Å²) in [6.07, 6.45) is 3.33. The minimum absolute atomic E-state index is 0.328. The van der Waals surface area contributed by atoms with E-state index in [0.29, 0.717) is 55.8 Å². The number of H-pyrrole nitrogens is 1. The molecule has 6 N–H and O–H groups in total. The van der Waals surface area contributed by atoms with E-state index in [-0.39, 0.29) is 0 Å². The van der Waals surface area contributed by atoms with Gasteiger partial charge in [0.15, 0.2) is 0 Å². The number of nitrogens with two attached hydrogens (primary N) is 1. The molecule has 1 heterocycles. The fourth-order valence-corrected chi connectivity index (χ4v) is 4.17. The van der Waals surface area contributed by atoms with Gasteiger partial charge in [-0.1, -0.05) is 48.5 Å². The molecule has 4 aromatic rings. The van der Waals surface area contributed by atoms with Gasteiger partial charge in [0.05, 0.1) is 27.3 Å². The van der Waals surface area contributed by atoms with Crippen molar-refractivity contribution in [3.8, 4) is 11.5 Å². The molecule has 0 amide bonds. The predicted octanol–water partition coefficient (Wildman–Crippen LogP) is 5.12. The molecule has 0 bridgehead atoms. The Morgan fingerprint density at radius 3 is 2.38 bits per heavy atom. The molecule has 0 aliphatic carbocycles. The minimum atomic E-state index is 0.328. The second-order valence-electron chi connectivity index (χ2n) is 9.13. The highest BCUT2D eigenvalue weighted by Crippen LogP contribution is 2.26. The van der Waals surface area contributed by atoms with Crippen LogP contribution in [0.2, 0.25) is 0 Å². The van der Waals surface area contributed by atoms with Gasteiger partial charge in [0.2, 0.25) is 0 Å². The number of aromatic amines is 1. The lowest BCUT2D eigenvalue weighted by Crippen LogP contribution is -2.42. The minimum Gasteiger partial charge on any atom is -0.497 e. The van der Waals surface area contributed by atoms with E-state index in [1.165, 1.54) is 22.0 Å². The van der Waals surface area contributed by atoms with Gasteiger partial charge in [0.1, 0.15) is 23.2 Å². The number of hydrogen-bond acceptors (Lipinski definition) is 6. The van der Waals surface area contributed by atoms with E-state index in [1.807, 2.05) is 48.7 Å². The van der Waals surface area contributed by atoms with Crippen LogP contribution in [0.1, 0.15) is 23.1 Å². The lowest BCUT2D eigenvalue weighted by Gasteiger charge is -2.27. The van der Waals surface area contributed by atoms with Gasteiger partial charge in [-0.05, 0) is 42.7 Å². The van der Waals surface area contributed by atoms with Gasteiger partial charge in [-0.15, -0.1) is 0 Å². The molecule has 0 saturated heterocycles. The Bertz CT molecular complexity index is 1340. The van der Waals surface area contributed by atoms with E-state index in [1.54, 1.807) is 19.1 Å². The third-order valence-corrected chi connectivity index (χ3v) is 6.38. The Hall–Kier alpha value is -4.14. The van der Waals surface area contributed by atoms with Gasteiger partial charge in [-0.2, -0.15) is 0 Å². The average molecular weight is 529 g/mol. The summed E-state index contributed by atoms with van der Waals surface area (Å²) in [4.78, 5) is 4.91. The van der Waals surface area contributed by atoms with Crippen LogP contribution in [-0.4, -0.2) is 55.4 Å². The quantitative estimate of drug-likeness (QED) is 0.105. The third kappa shape index (κ3) is 8.70. The maximum Gasteiger partial charge on any atom is 0.127 e. The van der Waals surface area contributed by atoms with Crippen molar-refractivity contribution in [1.82, 2.24) is 15.2 Å². The monoisotopic (exact) mass is 528 g/mol. The first-order chi connectivity index (χ1) is 19.0. The van der Waals surface area contributed by atoms with E-state index in [4.69, 9.17) is 26.0 Å². The van der Waals surface area contributed by atoms with Crippen molar-refractivity contribution in [1.29, 1.82) is 10.8 Å². The zero-order valence-corrected chi connectivity index (χ0v) is 23.1. The molecular weight excluding hydrogens is 488 g/mol. The van der Waals surface area contributed by atoms with Gasteiger partial charge >= 0.3 is 0 Å². The summed E-state index contributed by atoms with van der Waals surface area (Å²) < 4.78 is 10.8. The smallest absolute Gasteiger partial charge is 0.127 e. The summed E-state index contributed by atoms with van der Waals surface area (Å²) in [7, 11) is 3.22. The van der Waals surface area contributed by atoms with Crippen molar-refractivity contribution >= 4 is 22.6 Å². The molecule has 0 atom stereocenters. The lowest BCUT2D eigenvalue weighted by molar-refractivity contribution is 0.387. The molecule has 4 rings (SSSR count). The molecule has 206 valence electrons. The third-order valence-electron chi connectivity index (χ3n) is 6.38. The van der Waals surface area contributed by atoms with Crippen LogP contribution in [0.5, 0.6) is 11.5 Å². The summed E-state index contributed by atoms with van der Waals surface area (Å²) in [5, 5.41) is 21.6. The van der Waals surface area contributed by atoms with E-state index < -0.39 is 0 Å². The molecule has 0 aliphatic heterocycles. The fraction of sp³-hybridized carbons (Fsp3) is 0.290. The molecule has 0 spiro atoms. The van der Waals surface area contributed by atoms with Crippen LogP contribution in [0.25, 0.3) is 10.9 Å². The Morgan fingerprint density at radius 2 is 1.69 bits per heavy atom. The first-order valence-corrected chi connectivity index (χ1v) is 13.1. The van der Waals surface area contributed by atoms with Gasteiger partial charge in [-0.25, -0.2) is 0 Å². The SMILES string of the molecule is COc1ccc(CN(C(=N)CCc2ccccc2)C(=N)CNCCN)c(OC)c1.Cc1c[nH]c2ccccc12. The molecule has 0 unspecified atom stereocenters. The highest BCUT2D eigenvalue weighted by molar-refractivity contribution is 5.99. The number of ether oxygens (including phenoxy) is 2. The molecule has 3 aromatic carbocycles. The maximum atomic E-state index is 8.63. The van der Waals surface area contributed by atoms with Crippen molar-refractivity contribution in [3.63, 3.8) is 0 Å². The van der Waals surface area contributed by atoms with Crippen molar-refractivity contribution in [2.45, 2.75) is 26.3 Å². The summed E-state index contributed by atoms with van der Waals surface area (Å²) in [6, 6.07) is 24.0. The van der Waals surface area contributed by atoms with Crippen LogP contribution in [0.3, 0.4) is 0 Å². The molecule has 0 fully saturated rings. The first-order valence-electron chi connectivity index (χ1n) is 13.1. The maximum absolute atomic E-state index is 8.63. The Morgan fingerprint density at radius 1 is 0.949 bits per heavy atom. The Balaban J connectivity index is 0.000000346. The van der Waals surface area contributed by atoms with Crippen LogP contribution in [-0.2, 0) is 13.0 Å². The zero-order chi connectivity index (χ0) is 28.0. The number of para-hydroxylation sites is 1. The van der Waals surface area contributed by atoms with E-state index in [2.05, 4.69) is 47.6 Å². The number of benzene rings is 3. The molecule has 1 aromatic heterocycles. The van der Waals surface area contributed by atoms with Crippen LogP contribution in [0.15, 0.2) is 79.0 Å². The van der Waals surface area contributed by atoms with Gasteiger partial charge in [-0.3, -0.25) is 10.8 Å². The van der Waals surface area contributed by atoms with Crippen LogP contribution in [0.4, 0.5) is 0 Å². The van der Waals surface area contributed by atoms with Crippen LogP contribution >= 0.6 is 0 Å². The molecule has 39 heavy (non-hydrogen) atoms. The summed E-state index contributed by atoms with van der Waals surface area (Å²) in [6.45, 7) is 3.97. The van der Waals surface area contributed by atoms with Crippen molar-refractivity contribution in [2.24, 2.45) is 5.73 Å². The first kappa shape index (κ1) is 29.4. The molecule has 0 saturated carbocycles. The number of aryl methyl sites for hydroxylation is 2. The number of fused-ring (bicyclic) bond motifs is 1. The highest BCUT2D eigenvalue weighted by atomic mass is 16.5. The average Bonchev–Trinajstić information content (AvgIpc) is 3.36. The Kier molecular flexibility index (Phi) is 11.6. The van der Waals surface area contributed by atoms with Crippen molar-refractivity contribution < 1.29 is 9.47 Å². The fourth-order valence-electron chi connectivity index (χ4n) is 4.17. The number of nitrogens with zero attached hydrogens (tertiary/aromatic N) is 1. The van der Waals surface area contributed by atoms with Crippen LogP contribution in [0, 0.1) is 17.7 Å². The summed E-state index contributed by atoms with van der Waals surface area (Å²) in [5.41, 5.74) is 10.1. The Labute approximate surface area is 231 Å². The normalized spacial score (nSPS) is 10.5. The molecular formula is C31H40N6O2. The van der Waals surface area contributed by atoms with E-state index >= 15 is 0 Å². The largest absolute Gasteiger partial charge is 0.497 e. The van der Waals surface area contributed by atoms with Crippen molar-refractivity contribution in [2.75, 3.05) is 33.9 Å². The van der Waals surface area contributed by atoms with Crippen molar-refractivity contribution in [3.05, 3.63) is 95.7 Å². The van der Waals surface area contributed by atoms with Crippen LogP contribution < -0.4 is 20.5 Å². The highest BCUT2D eigenvalue weighted by Gasteiger charge is 2.18. The zero-order valence-electron chi connectivity index (χ0n) is 23.1. The number of rotatable bonds is 11. The van der Waals surface area contributed by atoms with Gasteiger partial charge in [0.25, 0.3) is 0 Å². The lowest BCUT2D eigenvalue weighted by atomic mass is 10.1. The molecule has 0 radical (unpaired) electrons. The summed E-state index contributed by atoms with van der Waals surface area (Å²) in [5.74, 6) is 2.10. The molecule has 8 nitrogen and oxygen atoms in total. The number of nitrogens with one attached hydrogen (secondary N) is 4. The summed E-state index contributed by atoms with van der Waals surface area (Å²) >= 11 is 0. The second-order valence-corrected chi connectivity index (χ2v) is 9.13. The standard InChI is InChI=1S/C22H31N5O2.C9H9N/c1-28-19-10-9-18(20(14-19)29-2)16-27(22(25)15-26-13-12-23)21(24)11-8-17-6-4-3-5-7-17;1-7-6-10-9-5-3-2-4-8(7)9/h3-7,9-10,14,24-26H,8,11-13,15-16,23H2,1-2H3;2-6,10H,1H3. The number of amidine groups is 2. The topological polar surface area (TPSA) is 123 Å². The van der Waals surface area contributed by atoms with Gasteiger partial charge < -0.3 is 30.4 Å². The van der Waals surface area contributed by atoms with E-state index in [9.17, 15) is 0 Å². The number of methoxy groups -OCH3 is 2. The molecule has 8 heteroatoms. The van der Waals surface area contributed by atoms with Gasteiger partial charge in [0, 0.05) is 48.2 Å². The molecule has 0 aliphatic rings. The number of aromatic nitrogens is 1. The van der Waals surface area contributed by atoms with E-state index in [0.717, 1.165) is 12.0 Å². The number of hydrogen-bond donors (Lipinski definition) is 5.